The maximum atomic E-state index is 11.3. The number of ether oxygens (including phenoxy) is 2. The lowest BCUT2D eigenvalue weighted by Gasteiger charge is -2.08. The molecule has 6 nitrogen and oxygen atoms in total. The van der Waals surface area contributed by atoms with Crippen LogP contribution >= 0.6 is 12.4 Å². The number of carbonyl (C=O) groups is 2. The number of halogens is 1. The Morgan fingerprint density at radius 2 is 1.86 bits per heavy atom. The van der Waals surface area contributed by atoms with Crippen LogP contribution in [-0.4, -0.2) is 32.1 Å². The number of amides is 1. The molecule has 0 aliphatic carbocycles. The molecule has 1 rings (SSSR count). The van der Waals surface area contributed by atoms with Crippen molar-refractivity contribution in [2.75, 3.05) is 25.6 Å². The Morgan fingerprint density at radius 1 is 1.19 bits per heavy atom. The fraction of sp³-hybridized carbons (Fsp3) is 0.429. The van der Waals surface area contributed by atoms with E-state index >= 15 is 0 Å². The molecule has 0 bridgehead atoms. The molecule has 1 aromatic rings. The van der Waals surface area contributed by atoms with Crippen molar-refractivity contribution in [3.8, 4) is 5.75 Å². The maximum absolute atomic E-state index is 11.3. The lowest BCUT2D eigenvalue weighted by molar-refractivity contribution is -0.140. The topological polar surface area (TPSA) is 90.6 Å². The van der Waals surface area contributed by atoms with Gasteiger partial charge in [-0.1, -0.05) is 0 Å². The van der Waals surface area contributed by atoms with Crippen LogP contribution in [0.2, 0.25) is 0 Å². The number of nitrogens with two attached hydrogens (primary N) is 1. The van der Waals surface area contributed by atoms with E-state index in [4.69, 9.17) is 10.5 Å². The van der Waals surface area contributed by atoms with E-state index in [-0.39, 0.29) is 24.3 Å². The fourth-order valence-corrected chi connectivity index (χ4v) is 1.50. The van der Waals surface area contributed by atoms with Crippen LogP contribution in [0.4, 0.5) is 5.69 Å². The SMILES string of the molecule is COC(=O)CCCOc1ccc(NC(=O)CCN)cc1.Cl. The summed E-state index contributed by atoms with van der Waals surface area (Å²) < 4.78 is 10.00. The van der Waals surface area contributed by atoms with Gasteiger partial charge in [0.2, 0.25) is 5.91 Å². The van der Waals surface area contributed by atoms with Gasteiger partial charge in [0.15, 0.2) is 0 Å². The van der Waals surface area contributed by atoms with Gasteiger partial charge in [0, 0.05) is 25.1 Å². The van der Waals surface area contributed by atoms with E-state index in [1.165, 1.54) is 7.11 Å². The van der Waals surface area contributed by atoms with E-state index in [2.05, 4.69) is 10.1 Å². The largest absolute Gasteiger partial charge is 0.494 e. The van der Waals surface area contributed by atoms with E-state index < -0.39 is 0 Å². The molecule has 1 aromatic carbocycles. The lowest BCUT2D eigenvalue weighted by atomic mass is 10.3. The molecule has 0 aliphatic rings. The smallest absolute Gasteiger partial charge is 0.305 e. The highest BCUT2D eigenvalue weighted by atomic mass is 35.5. The Hall–Kier alpha value is -1.79. The van der Waals surface area contributed by atoms with Crippen molar-refractivity contribution in [2.24, 2.45) is 5.73 Å². The summed E-state index contributed by atoms with van der Waals surface area (Å²) >= 11 is 0. The zero-order valence-corrected chi connectivity index (χ0v) is 12.8. The quantitative estimate of drug-likeness (QED) is 0.563. The molecule has 0 heterocycles. The highest BCUT2D eigenvalue weighted by Crippen LogP contribution is 2.16. The minimum absolute atomic E-state index is 0. The molecule has 0 atom stereocenters. The lowest BCUT2D eigenvalue weighted by Crippen LogP contribution is -2.16. The summed E-state index contributed by atoms with van der Waals surface area (Å²) in [6, 6.07) is 7.03. The Morgan fingerprint density at radius 3 is 2.43 bits per heavy atom. The molecule has 0 saturated heterocycles. The second kappa shape index (κ2) is 10.9. The molecule has 1 amide bonds. The van der Waals surface area contributed by atoms with Crippen LogP contribution in [0.25, 0.3) is 0 Å². The van der Waals surface area contributed by atoms with Crippen LogP contribution in [0.3, 0.4) is 0 Å². The molecule has 0 saturated carbocycles. The Labute approximate surface area is 130 Å². The molecule has 3 N–H and O–H groups in total. The second-order valence-corrected chi connectivity index (χ2v) is 4.14. The number of anilines is 1. The van der Waals surface area contributed by atoms with E-state index in [0.29, 0.717) is 43.9 Å². The second-order valence-electron chi connectivity index (χ2n) is 4.14. The predicted molar refractivity (Wildman–Crippen MR) is 82.7 cm³/mol. The molecular formula is C14H21ClN2O4. The summed E-state index contributed by atoms with van der Waals surface area (Å²) in [4.78, 5) is 22.2. The molecule has 118 valence electrons. The zero-order chi connectivity index (χ0) is 14.8. The summed E-state index contributed by atoms with van der Waals surface area (Å²) in [7, 11) is 1.36. The zero-order valence-electron chi connectivity index (χ0n) is 12.0. The first-order valence-electron chi connectivity index (χ1n) is 6.45. The van der Waals surface area contributed by atoms with Crippen LogP contribution in [-0.2, 0) is 14.3 Å². The van der Waals surface area contributed by atoms with Crippen molar-refractivity contribution < 1.29 is 19.1 Å². The van der Waals surface area contributed by atoms with E-state index in [0.717, 1.165) is 0 Å². The van der Waals surface area contributed by atoms with Crippen LogP contribution in [0, 0.1) is 0 Å². The van der Waals surface area contributed by atoms with Gasteiger partial charge in [-0.3, -0.25) is 9.59 Å². The van der Waals surface area contributed by atoms with Crippen LogP contribution in [0.15, 0.2) is 24.3 Å². The molecule has 0 spiro atoms. The average molecular weight is 317 g/mol. The number of rotatable bonds is 8. The average Bonchev–Trinajstić information content (AvgIpc) is 2.45. The van der Waals surface area contributed by atoms with Gasteiger partial charge in [-0.15, -0.1) is 12.4 Å². The first kappa shape index (κ1) is 19.2. The number of benzene rings is 1. The van der Waals surface area contributed by atoms with Gasteiger partial charge in [0.25, 0.3) is 0 Å². The predicted octanol–water partition coefficient (Wildman–Crippen LogP) is 1.73. The first-order chi connectivity index (χ1) is 9.65. The fourth-order valence-electron chi connectivity index (χ4n) is 1.50. The van der Waals surface area contributed by atoms with Crippen LogP contribution in [0.1, 0.15) is 19.3 Å². The van der Waals surface area contributed by atoms with Crippen LogP contribution < -0.4 is 15.8 Å². The van der Waals surface area contributed by atoms with Gasteiger partial charge in [0.1, 0.15) is 5.75 Å². The molecular weight excluding hydrogens is 296 g/mol. The number of hydrogen-bond acceptors (Lipinski definition) is 5. The normalized spacial score (nSPS) is 9.43. The van der Waals surface area contributed by atoms with Crippen molar-refractivity contribution >= 4 is 30.0 Å². The highest BCUT2D eigenvalue weighted by Gasteiger charge is 2.02. The van der Waals surface area contributed by atoms with Gasteiger partial charge < -0.3 is 20.5 Å². The van der Waals surface area contributed by atoms with Crippen molar-refractivity contribution in [3.05, 3.63) is 24.3 Å². The van der Waals surface area contributed by atoms with E-state index in [1.54, 1.807) is 24.3 Å². The molecule has 0 unspecified atom stereocenters. The van der Waals surface area contributed by atoms with Gasteiger partial charge >= 0.3 is 5.97 Å². The molecule has 21 heavy (non-hydrogen) atoms. The summed E-state index contributed by atoms with van der Waals surface area (Å²) in [5, 5.41) is 2.72. The van der Waals surface area contributed by atoms with E-state index in [9.17, 15) is 9.59 Å². The minimum Gasteiger partial charge on any atom is -0.494 e. The van der Waals surface area contributed by atoms with Crippen LogP contribution in [0.5, 0.6) is 5.75 Å². The maximum Gasteiger partial charge on any atom is 0.305 e. The van der Waals surface area contributed by atoms with Crippen molar-refractivity contribution in [1.29, 1.82) is 0 Å². The Balaban J connectivity index is 0.00000400. The molecule has 7 heteroatoms. The molecule has 0 aromatic heterocycles. The number of methoxy groups -OCH3 is 1. The highest BCUT2D eigenvalue weighted by molar-refractivity contribution is 5.90. The standard InChI is InChI=1S/C14H20N2O4.ClH/c1-19-14(18)3-2-10-20-12-6-4-11(5-7-12)16-13(17)8-9-15;/h4-7H,2-3,8-10,15H2,1H3,(H,16,17);1H. The van der Waals surface area contributed by atoms with E-state index in [1.807, 2.05) is 0 Å². The van der Waals surface area contributed by atoms with Crippen molar-refractivity contribution in [1.82, 2.24) is 0 Å². The number of hydrogen-bond donors (Lipinski definition) is 2. The van der Waals surface area contributed by atoms with Gasteiger partial charge in [-0.2, -0.15) is 0 Å². The van der Waals surface area contributed by atoms with Crippen molar-refractivity contribution in [3.63, 3.8) is 0 Å². The number of carbonyl (C=O) groups excluding carboxylic acids is 2. The first-order valence-corrected chi connectivity index (χ1v) is 6.45. The van der Waals surface area contributed by atoms with Gasteiger partial charge in [-0.25, -0.2) is 0 Å². The van der Waals surface area contributed by atoms with Gasteiger partial charge in [0.05, 0.1) is 13.7 Å². The molecule has 0 radical (unpaired) electrons. The summed E-state index contributed by atoms with van der Waals surface area (Å²) in [5.41, 5.74) is 5.99. The minimum atomic E-state index is -0.244. The molecule has 0 fully saturated rings. The third-order valence-electron chi connectivity index (χ3n) is 2.53. The number of esters is 1. The third kappa shape index (κ3) is 8.16. The summed E-state index contributed by atoms with van der Waals surface area (Å²) in [6.45, 7) is 0.765. The van der Waals surface area contributed by atoms with Gasteiger partial charge in [-0.05, 0) is 30.7 Å². The summed E-state index contributed by atoms with van der Waals surface area (Å²) in [6.07, 6.45) is 1.23. The van der Waals surface area contributed by atoms with Crippen molar-refractivity contribution in [2.45, 2.75) is 19.3 Å². The summed E-state index contributed by atoms with van der Waals surface area (Å²) in [5.74, 6) is 0.331. The Bertz CT molecular complexity index is 437. The number of nitrogens with one attached hydrogen (secondary N) is 1. The Kier molecular flexibility index (Phi) is 10.0. The monoisotopic (exact) mass is 316 g/mol. The third-order valence-corrected chi connectivity index (χ3v) is 2.53. The molecule has 0 aliphatic heterocycles.